The summed E-state index contributed by atoms with van der Waals surface area (Å²) in [4.78, 5) is 0. The van der Waals surface area contributed by atoms with E-state index in [1.54, 1.807) is 0 Å². The van der Waals surface area contributed by atoms with Gasteiger partial charge >= 0.3 is 0 Å². The van der Waals surface area contributed by atoms with Crippen LogP contribution in [0.4, 0.5) is 0 Å². The van der Waals surface area contributed by atoms with Crippen LogP contribution in [0.1, 0.15) is 24.0 Å². The number of rotatable bonds is 3. The molecule has 0 saturated carbocycles. The fraction of sp³-hybridized carbons (Fsp3) is 0.280. The molecule has 0 amide bonds. The molecule has 6 rings (SSSR count). The molecule has 1 aromatic heterocycles. The first kappa shape index (κ1) is 22.0. The first-order valence-corrected chi connectivity index (χ1v) is 11.7. The maximum atomic E-state index is 6.19. The van der Waals surface area contributed by atoms with Crippen LogP contribution in [0, 0.1) is 0 Å². The zero-order valence-electron chi connectivity index (χ0n) is 18.0. The van der Waals surface area contributed by atoms with Crippen LogP contribution in [0.25, 0.3) is 11.0 Å². The van der Waals surface area contributed by atoms with Gasteiger partial charge in [-0.25, -0.2) is 0 Å². The molecule has 2 aliphatic heterocycles. The molecule has 0 bridgehead atoms. The van der Waals surface area contributed by atoms with Crippen molar-refractivity contribution >= 4 is 34.2 Å². The molecule has 2 N–H and O–H groups in total. The van der Waals surface area contributed by atoms with E-state index in [-0.39, 0.29) is 5.41 Å². The van der Waals surface area contributed by atoms with Crippen LogP contribution < -0.4 is 14.8 Å². The summed E-state index contributed by atoms with van der Waals surface area (Å²) >= 11 is 12.4. The van der Waals surface area contributed by atoms with Gasteiger partial charge in [-0.15, -0.1) is 0 Å². The maximum absolute atomic E-state index is 6.19. The Balaban J connectivity index is 0.000000211. The zero-order chi connectivity index (χ0) is 22.7. The van der Waals surface area contributed by atoms with E-state index in [2.05, 4.69) is 26.8 Å². The second-order valence-electron chi connectivity index (χ2n) is 8.28. The van der Waals surface area contributed by atoms with Gasteiger partial charge in [-0.05, 0) is 56.3 Å². The van der Waals surface area contributed by atoms with Gasteiger partial charge in [0.25, 0.3) is 0 Å². The molecule has 33 heavy (non-hydrogen) atoms. The lowest BCUT2D eigenvalue weighted by Crippen LogP contribution is -2.40. The van der Waals surface area contributed by atoms with Gasteiger partial charge in [0.15, 0.2) is 0 Å². The van der Waals surface area contributed by atoms with Crippen molar-refractivity contribution in [1.29, 1.82) is 0 Å². The Morgan fingerprint density at radius 2 is 1.61 bits per heavy atom. The molecule has 1 fully saturated rings. The van der Waals surface area contributed by atoms with Crippen molar-refractivity contribution in [2.75, 3.05) is 19.7 Å². The second-order valence-corrected chi connectivity index (χ2v) is 9.09. The Labute approximate surface area is 202 Å². The number of nitrogens with zero attached hydrogens (tertiary/aromatic N) is 2. The number of aromatic nitrogens is 3. The van der Waals surface area contributed by atoms with Gasteiger partial charge < -0.3 is 14.8 Å². The molecule has 1 spiro atoms. The highest BCUT2D eigenvalue weighted by molar-refractivity contribution is 6.35. The van der Waals surface area contributed by atoms with E-state index in [4.69, 9.17) is 32.7 Å². The number of hydrogen-bond acceptors (Lipinski definition) is 5. The number of halogens is 2. The third-order valence-corrected chi connectivity index (χ3v) is 6.96. The molecule has 2 aliphatic rings. The minimum atomic E-state index is 0.172. The number of nitrogens with one attached hydrogen (secondary N) is 2. The number of piperidine rings is 1. The number of aromatic amines is 1. The summed E-state index contributed by atoms with van der Waals surface area (Å²) in [6.07, 6.45) is 2.24. The van der Waals surface area contributed by atoms with E-state index in [0.29, 0.717) is 16.7 Å². The fourth-order valence-corrected chi connectivity index (χ4v) is 4.88. The van der Waals surface area contributed by atoms with Gasteiger partial charge in [-0.2, -0.15) is 15.4 Å². The molecule has 4 aromatic rings. The highest BCUT2D eigenvalue weighted by atomic mass is 35.5. The van der Waals surface area contributed by atoms with Crippen molar-refractivity contribution in [3.05, 3.63) is 81.8 Å². The van der Waals surface area contributed by atoms with Gasteiger partial charge in [0.05, 0.1) is 6.61 Å². The Kier molecular flexibility index (Phi) is 6.40. The second kappa shape index (κ2) is 9.59. The highest BCUT2D eigenvalue weighted by Gasteiger charge is 2.41. The summed E-state index contributed by atoms with van der Waals surface area (Å²) in [5.41, 5.74) is 4.12. The van der Waals surface area contributed by atoms with Gasteiger partial charge in [0.2, 0.25) is 0 Å². The van der Waals surface area contributed by atoms with Crippen LogP contribution in [-0.2, 0) is 12.0 Å². The summed E-state index contributed by atoms with van der Waals surface area (Å²) in [7, 11) is 0. The first-order chi connectivity index (χ1) is 16.1. The van der Waals surface area contributed by atoms with Crippen molar-refractivity contribution in [2.45, 2.75) is 24.9 Å². The van der Waals surface area contributed by atoms with Crippen LogP contribution >= 0.6 is 23.2 Å². The summed E-state index contributed by atoms with van der Waals surface area (Å²) < 4.78 is 11.9. The molecule has 170 valence electrons. The molecule has 1 saturated heterocycles. The Bertz CT molecular complexity index is 1200. The quantitative estimate of drug-likeness (QED) is 0.400. The Hall–Kier alpha value is -2.80. The molecular weight excluding hydrogens is 459 g/mol. The number of fused-ring (bicyclic) bond motifs is 3. The molecular formula is C25H24Cl2N4O2. The largest absolute Gasteiger partial charge is 0.492 e. The normalized spacial score (nSPS) is 16.1. The van der Waals surface area contributed by atoms with E-state index in [1.807, 2.05) is 54.6 Å². The van der Waals surface area contributed by atoms with Gasteiger partial charge in [-0.3, -0.25) is 0 Å². The predicted octanol–water partition coefficient (Wildman–Crippen LogP) is 5.54. The first-order valence-electron chi connectivity index (χ1n) is 10.9. The predicted molar refractivity (Wildman–Crippen MR) is 130 cm³/mol. The lowest BCUT2D eigenvalue weighted by atomic mass is 9.75. The van der Waals surface area contributed by atoms with Crippen molar-refractivity contribution in [3.63, 3.8) is 0 Å². The van der Waals surface area contributed by atoms with E-state index in [1.165, 1.54) is 5.56 Å². The van der Waals surface area contributed by atoms with E-state index in [0.717, 1.165) is 60.6 Å². The lowest BCUT2D eigenvalue weighted by Gasteiger charge is -2.32. The number of ether oxygens (including phenoxy) is 2. The van der Waals surface area contributed by atoms with Crippen LogP contribution in [0.3, 0.4) is 0 Å². The maximum Gasteiger partial charge on any atom is 0.126 e. The molecule has 0 atom stereocenters. The minimum absolute atomic E-state index is 0.172. The monoisotopic (exact) mass is 482 g/mol. The standard InChI is InChI=1S/C19H19Cl2NO2.C6H5N3/c20-16-2-1-3-17(21)14(16)11-23-13-4-5-15-18(10-13)24-12-19(15)6-8-22-9-7-19;1-2-4-6-5(3-1)7-9-8-6/h1-5,10,22H,6-9,11-12H2;1-4H,(H,7,8,9). The van der Waals surface area contributed by atoms with Crippen molar-refractivity contribution in [1.82, 2.24) is 20.7 Å². The van der Waals surface area contributed by atoms with Crippen molar-refractivity contribution < 1.29 is 9.47 Å². The van der Waals surface area contributed by atoms with E-state index in [9.17, 15) is 0 Å². The summed E-state index contributed by atoms with van der Waals surface area (Å²) in [6.45, 7) is 3.20. The molecule has 6 nitrogen and oxygen atoms in total. The zero-order valence-corrected chi connectivity index (χ0v) is 19.5. The molecule has 3 aromatic carbocycles. The van der Waals surface area contributed by atoms with Crippen LogP contribution in [-0.4, -0.2) is 35.1 Å². The molecule has 0 radical (unpaired) electrons. The average Bonchev–Trinajstić information content (AvgIpc) is 3.45. The Morgan fingerprint density at radius 1 is 0.909 bits per heavy atom. The van der Waals surface area contributed by atoms with Crippen molar-refractivity contribution in [2.24, 2.45) is 0 Å². The average molecular weight is 483 g/mol. The summed E-state index contributed by atoms with van der Waals surface area (Å²) in [6, 6.07) is 19.3. The number of para-hydroxylation sites is 2. The smallest absolute Gasteiger partial charge is 0.126 e. The third kappa shape index (κ3) is 4.64. The SMILES string of the molecule is Clc1cccc(Cl)c1COc1ccc2c(c1)OCC21CCNCC1.c1ccc2n[nH]nc2c1. The van der Waals surface area contributed by atoms with Gasteiger partial charge in [0.1, 0.15) is 29.1 Å². The fourth-order valence-electron chi connectivity index (χ4n) is 4.37. The van der Waals surface area contributed by atoms with Crippen LogP contribution in [0.2, 0.25) is 10.0 Å². The number of H-pyrrole nitrogens is 1. The molecule has 0 aliphatic carbocycles. The summed E-state index contributed by atoms with van der Waals surface area (Å²) in [5, 5.41) is 15.0. The van der Waals surface area contributed by atoms with E-state index < -0.39 is 0 Å². The topological polar surface area (TPSA) is 72.1 Å². The lowest BCUT2D eigenvalue weighted by molar-refractivity contribution is 0.220. The molecule has 0 unspecified atom stereocenters. The van der Waals surface area contributed by atoms with Crippen LogP contribution in [0.15, 0.2) is 60.7 Å². The Morgan fingerprint density at radius 3 is 2.30 bits per heavy atom. The molecule has 8 heteroatoms. The minimum Gasteiger partial charge on any atom is -0.492 e. The summed E-state index contributed by atoms with van der Waals surface area (Å²) in [5.74, 6) is 1.72. The number of hydrogen-bond donors (Lipinski definition) is 2. The molecule has 3 heterocycles. The number of benzene rings is 3. The van der Waals surface area contributed by atoms with Gasteiger partial charge in [0, 0.05) is 32.7 Å². The van der Waals surface area contributed by atoms with Crippen molar-refractivity contribution in [3.8, 4) is 11.5 Å². The van der Waals surface area contributed by atoms with Gasteiger partial charge in [-0.1, -0.05) is 47.5 Å². The van der Waals surface area contributed by atoms with E-state index >= 15 is 0 Å². The third-order valence-electron chi connectivity index (χ3n) is 6.26. The van der Waals surface area contributed by atoms with Crippen LogP contribution in [0.5, 0.6) is 11.5 Å². The highest BCUT2D eigenvalue weighted by Crippen LogP contribution is 2.45.